The molecule has 0 heterocycles. The second-order valence-corrected chi connectivity index (χ2v) is 4.44. The molecule has 0 saturated heterocycles. The van der Waals surface area contributed by atoms with Crippen LogP contribution in [0.1, 0.15) is 11.1 Å². The molecule has 102 valence electrons. The van der Waals surface area contributed by atoms with E-state index in [2.05, 4.69) is 23.7 Å². The van der Waals surface area contributed by atoms with Gasteiger partial charge in [0.15, 0.2) is 0 Å². The third kappa shape index (κ3) is 4.51. The van der Waals surface area contributed by atoms with Crippen LogP contribution in [0.15, 0.2) is 24.3 Å². The molecule has 4 nitrogen and oxygen atoms in total. The van der Waals surface area contributed by atoms with Crippen LogP contribution in [0.5, 0.6) is 0 Å². The van der Waals surface area contributed by atoms with Crippen molar-refractivity contribution in [2.75, 3.05) is 28.2 Å². The van der Waals surface area contributed by atoms with Gasteiger partial charge >= 0.3 is 0 Å². The number of hydrogen-bond acceptors (Lipinski definition) is 2. The molecule has 1 aromatic carbocycles. The smallest absolute Gasteiger partial charge is 0.298 e. The van der Waals surface area contributed by atoms with Crippen LogP contribution in [0.3, 0.4) is 0 Å². The molecular formula is C16H16N2O2. The molecule has 2 amide bonds. The summed E-state index contributed by atoms with van der Waals surface area (Å²) in [6.07, 6.45) is 0. The third-order valence-electron chi connectivity index (χ3n) is 2.35. The van der Waals surface area contributed by atoms with Gasteiger partial charge in [-0.25, -0.2) is 0 Å². The van der Waals surface area contributed by atoms with E-state index in [1.165, 1.54) is 9.80 Å². The molecule has 0 unspecified atom stereocenters. The second kappa shape index (κ2) is 7.01. The van der Waals surface area contributed by atoms with Gasteiger partial charge in [0.1, 0.15) is 0 Å². The lowest BCUT2D eigenvalue weighted by Gasteiger charge is -2.03. The molecule has 4 heteroatoms. The van der Waals surface area contributed by atoms with Crippen LogP contribution in [0.4, 0.5) is 0 Å². The Balaban J connectivity index is 3.06. The van der Waals surface area contributed by atoms with Crippen LogP contribution in [-0.4, -0.2) is 49.8 Å². The Morgan fingerprint density at radius 3 is 1.45 bits per heavy atom. The quantitative estimate of drug-likeness (QED) is 0.645. The molecule has 0 aromatic heterocycles. The largest absolute Gasteiger partial charge is 0.338 e. The normalized spacial score (nSPS) is 8.60. The van der Waals surface area contributed by atoms with Crippen LogP contribution in [0.2, 0.25) is 0 Å². The van der Waals surface area contributed by atoms with Crippen molar-refractivity contribution in [1.29, 1.82) is 0 Å². The molecule has 20 heavy (non-hydrogen) atoms. The number of carbonyl (C=O) groups excluding carboxylic acids is 2. The summed E-state index contributed by atoms with van der Waals surface area (Å²) < 4.78 is 0. The van der Waals surface area contributed by atoms with Gasteiger partial charge in [0, 0.05) is 51.2 Å². The SMILES string of the molecule is CN(C)C(=O)C#Cc1ccccc1C#CC(=O)N(C)C. The van der Waals surface area contributed by atoms with E-state index in [0.29, 0.717) is 11.1 Å². The van der Waals surface area contributed by atoms with Gasteiger partial charge < -0.3 is 9.80 Å². The van der Waals surface area contributed by atoms with E-state index in [9.17, 15) is 9.59 Å². The van der Waals surface area contributed by atoms with Crippen LogP contribution < -0.4 is 0 Å². The lowest BCUT2D eigenvalue weighted by Crippen LogP contribution is -2.19. The lowest BCUT2D eigenvalue weighted by molar-refractivity contribution is -0.123. The number of rotatable bonds is 0. The summed E-state index contributed by atoms with van der Waals surface area (Å²) >= 11 is 0. The molecule has 1 rings (SSSR count). The first-order valence-electron chi connectivity index (χ1n) is 5.97. The first-order valence-corrected chi connectivity index (χ1v) is 5.97. The van der Waals surface area contributed by atoms with Crippen LogP contribution in [-0.2, 0) is 9.59 Å². The molecule has 0 N–H and O–H groups in total. The summed E-state index contributed by atoms with van der Waals surface area (Å²) in [5.41, 5.74) is 1.25. The first-order chi connectivity index (χ1) is 9.41. The van der Waals surface area contributed by atoms with E-state index in [1.54, 1.807) is 40.3 Å². The van der Waals surface area contributed by atoms with Gasteiger partial charge in [0.25, 0.3) is 11.8 Å². The lowest BCUT2D eigenvalue weighted by atomic mass is 10.1. The Kier molecular flexibility index (Phi) is 5.38. The van der Waals surface area contributed by atoms with Crippen molar-refractivity contribution < 1.29 is 9.59 Å². The van der Waals surface area contributed by atoms with Crippen molar-refractivity contribution >= 4 is 11.8 Å². The number of hydrogen-bond donors (Lipinski definition) is 0. The zero-order chi connectivity index (χ0) is 15.1. The molecule has 0 aliphatic rings. The Hall–Kier alpha value is -2.72. The molecule has 0 aliphatic heterocycles. The van der Waals surface area contributed by atoms with Gasteiger partial charge in [-0.1, -0.05) is 24.0 Å². The van der Waals surface area contributed by atoms with E-state index in [1.807, 2.05) is 12.1 Å². The molecule has 0 spiro atoms. The van der Waals surface area contributed by atoms with Crippen LogP contribution in [0, 0.1) is 23.7 Å². The van der Waals surface area contributed by atoms with E-state index in [-0.39, 0.29) is 11.8 Å². The van der Waals surface area contributed by atoms with Crippen molar-refractivity contribution in [2.45, 2.75) is 0 Å². The standard InChI is InChI=1S/C16H16N2O2/c1-17(2)15(19)11-9-13-7-5-6-8-14(13)10-12-16(20)18(3)4/h5-8H,1-4H3. The minimum Gasteiger partial charge on any atom is -0.338 e. The molecule has 0 atom stereocenters. The van der Waals surface area contributed by atoms with Gasteiger partial charge in [-0.15, -0.1) is 0 Å². The van der Waals surface area contributed by atoms with Crippen molar-refractivity contribution in [3.05, 3.63) is 35.4 Å². The molecule has 0 fully saturated rings. The number of benzene rings is 1. The average molecular weight is 268 g/mol. The highest BCUT2D eigenvalue weighted by Crippen LogP contribution is 2.05. The van der Waals surface area contributed by atoms with Gasteiger partial charge in [-0.2, -0.15) is 0 Å². The fourth-order valence-electron chi connectivity index (χ4n) is 1.17. The van der Waals surface area contributed by atoms with Crippen molar-refractivity contribution in [3.8, 4) is 23.7 Å². The summed E-state index contributed by atoms with van der Waals surface area (Å²) in [6.45, 7) is 0. The predicted octanol–water partition coefficient (Wildman–Crippen LogP) is 0.566. The maximum Gasteiger partial charge on any atom is 0.298 e. The van der Waals surface area contributed by atoms with Gasteiger partial charge in [-0.3, -0.25) is 9.59 Å². The molecule has 0 bridgehead atoms. The Morgan fingerprint density at radius 1 is 0.800 bits per heavy atom. The summed E-state index contributed by atoms with van der Waals surface area (Å²) in [5, 5.41) is 0. The van der Waals surface area contributed by atoms with Gasteiger partial charge in [0.2, 0.25) is 0 Å². The maximum absolute atomic E-state index is 11.4. The zero-order valence-corrected chi connectivity index (χ0v) is 12.0. The molecular weight excluding hydrogens is 252 g/mol. The predicted molar refractivity (Wildman–Crippen MR) is 77.6 cm³/mol. The Morgan fingerprint density at radius 2 is 1.15 bits per heavy atom. The fraction of sp³-hybridized carbons (Fsp3) is 0.250. The third-order valence-corrected chi connectivity index (χ3v) is 2.35. The van der Waals surface area contributed by atoms with Crippen molar-refractivity contribution in [2.24, 2.45) is 0 Å². The fourth-order valence-corrected chi connectivity index (χ4v) is 1.17. The van der Waals surface area contributed by atoms with E-state index in [0.717, 1.165) is 0 Å². The summed E-state index contributed by atoms with van der Waals surface area (Å²) in [7, 11) is 6.55. The molecule has 0 saturated carbocycles. The summed E-state index contributed by atoms with van der Waals surface area (Å²) in [6, 6.07) is 7.15. The van der Waals surface area contributed by atoms with E-state index in [4.69, 9.17) is 0 Å². The highest BCUT2D eigenvalue weighted by Gasteiger charge is 2.00. The summed E-state index contributed by atoms with van der Waals surface area (Å²) in [5.74, 6) is 10.0. The number of nitrogens with zero attached hydrogens (tertiary/aromatic N) is 2. The van der Waals surface area contributed by atoms with Crippen LogP contribution in [0.25, 0.3) is 0 Å². The second-order valence-electron chi connectivity index (χ2n) is 4.44. The zero-order valence-electron chi connectivity index (χ0n) is 12.0. The molecule has 1 aromatic rings. The molecule has 0 aliphatic carbocycles. The summed E-state index contributed by atoms with van der Waals surface area (Å²) in [4.78, 5) is 25.7. The van der Waals surface area contributed by atoms with Gasteiger partial charge in [0.05, 0.1) is 0 Å². The highest BCUT2D eigenvalue weighted by atomic mass is 16.2. The highest BCUT2D eigenvalue weighted by molar-refractivity contribution is 5.94. The number of amides is 2. The minimum absolute atomic E-state index is 0.280. The minimum atomic E-state index is -0.280. The maximum atomic E-state index is 11.4. The Bertz CT molecular complexity index is 581. The number of carbonyl (C=O) groups is 2. The van der Waals surface area contributed by atoms with Crippen molar-refractivity contribution in [3.63, 3.8) is 0 Å². The average Bonchev–Trinajstić information content (AvgIpc) is 2.42. The monoisotopic (exact) mass is 268 g/mol. The van der Waals surface area contributed by atoms with Gasteiger partial charge in [-0.05, 0) is 12.1 Å². The first kappa shape index (κ1) is 15.3. The topological polar surface area (TPSA) is 40.6 Å². The van der Waals surface area contributed by atoms with Crippen LogP contribution >= 0.6 is 0 Å². The molecule has 0 radical (unpaired) electrons. The van der Waals surface area contributed by atoms with E-state index < -0.39 is 0 Å². The Labute approximate surface area is 119 Å². The van der Waals surface area contributed by atoms with Crippen molar-refractivity contribution in [1.82, 2.24) is 9.80 Å². The van der Waals surface area contributed by atoms with E-state index >= 15 is 0 Å².